The van der Waals surface area contributed by atoms with E-state index in [0.29, 0.717) is 16.5 Å². The number of anilines is 1. The monoisotopic (exact) mass is 435 g/mol. The summed E-state index contributed by atoms with van der Waals surface area (Å²) in [6, 6.07) is 18.4. The van der Waals surface area contributed by atoms with E-state index in [2.05, 4.69) is 10.3 Å². The summed E-state index contributed by atoms with van der Waals surface area (Å²) in [6.45, 7) is 1.70. The first-order valence-electron chi connectivity index (χ1n) is 9.28. The third kappa shape index (κ3) is 4.84. The fourth-order valence-corrected chi connectivity index (χ4v) is 3.75. The Morgan fingerprint density at radius 1 is 1.10 bits per heavy atom. The number of amides is 1. The van der Waals surface area contributed by atoms with Gasteiger partial charge in [0.05, 0.1) is 5.69 Å². The summed E-state index contributed by atoms with van der Waals surface area (Å²) in [4.78, 5) is 21.4. The van der Waals surface area contributed by atoms with Crippen molar-refractivity contribution in [3.8, 4) is 27.6 Å². The molecule has 2 aromatic carbocycles. The lowest BCUT2D eigenvalue weighted by atomic mass is 10.1. The number of pyridine rings is 1. The van der Waals surface area contributed by atoms with Crippen LogP contribution in [0.15, 0.2) is 78.4 Å². The van der Waals surface area contributed by atoms with Crippen molar-refractivity contribution in [1.82, 2.24) is 9.97 Å². The van der Waals surface area contributed by atoms with Gasteiger partial charge in [-0.3, -0.25) is 9.78 Å². The number of aromatic nitrogens is 2. The van der Waals surface area contributed by atoms with Crippen LogP contribution in [0.2, 0.25) is 5.02 Å². The highest BCUT2D eigenvalue weighted by atomic mass is 35.5. The molecule has 0 radical (unpaired) electrons. The maximum atomic E-state index is 12.5. The van der Waals surface area contributed by atoms with E-state index < -0.39 is 6.10 Å². The summed E-state index contributed by atoms with van der Waals surface area (Å²) in [7, 11) is 0. The van der Waals surface area contributed by atoms with Crippen LogP contribution < -0.4 is 10.1 Å². The van der Waals surface area contributed by atoms with Crippen LogP contribution in [0.5, 0.6) is 5.75 Å². The Balaban J connectivity index is 1.45. The largest absolute Gasteiger partial charge is 0.481 e. The van der Waals surface area contributed by atoms with Gasteiger partial charge in [0.25, 0.3) is 5.91 Å². The van der Waals surface area contributed by atoms with Crippen LogP contribution in [0.3, 0.4) is 0 Å². The topological polar surface area (TPSA) is 64.1 Å². The molecule has 2 aromatic heterocycles. The van der Waals surface area contributed by atoms with Gasteiger partial charge in [0.2, 0.25) is 0 Å². The molecular formula is C23H18ClN3O2S. The molecule has 1 atom stereocenters. The second-order valence-corrected chi connectivity index (χ2v) is 7.86. The zero-order chi connectivity index (χ0) is 20.9. The van der Waals surface area contributed by atoms with Crippen molar-refractivity contribution in [2.75, 3.05) is 5.32 Å². The van der Waals surface area contributed by atoms with Gasteiger partial charge in [0, 0.05) is 39.6 Å². The van der Waals surface area contributed by atoms with Gasteiger partial charge in [-0.25, -0.2) is 4.98 Å². The van der Waals surface area contributed by atoms with Gasteiger partial charge >= 0.3 is 0 Å². The Hall–Kier alpha value is -3.22. The zero-order valence-electron chi connectivity index (χ0n) is 16.1. The SMILES string of the molecule is CC(Oc1ccc(Cl)cc1)C(=O)Nc1cccc(-c2csc(-c3cccnc3)n2)c1. The number of benzene rings is 2. The van der Waals surface area contributed by atoms with Crippen molar-refractivity contribution in [2.45, 2.75) is 13.0 Å². The molecule has 7 heteroatoms. The van der Waals surface area contributed by atoms with Crippen LogP contribution in [0.1, 0.15) is 6.92 Å². The number of halogens is 1. The van der Waals surface area contributed by atoms with E-state index >= 15 is 0 Å². The molecule has 0 spiro atoms. The average Bonchev–Trinajstić information content (AvgIpc) is 3.26. The summed E-state index contributed by atoms with van der Waals surface area (Å²) in [5, 5.41) is 6.41. The number of carbonyl (C=O) groups is 1. The predicted octanol–water partition coefficient (Wildman–Crippen LogP) is 5.93. The van der Waals surface area contributed by atoms with E-state index in [0.717, 1.165) is 21.8 Å². The lowest BCUT2D eigenvalue weighted by Crippen LogP contribution is -2.30. The number of hydrogen-bond donors (Lipinski definition) is 1. The fourth-order valence-electron chi connectivity index (χ4n) is 2.80. The molecule has 4 aromatic rings. The molecule has 0 aliphatic heterocycles. The smallest absolute Gasteiger partial charge is 0.265 e. The molecule has 150 valence electrons. The number of thiazole rings is 1. The summed E-state index contributed by atoms with van der Waals surface area (Å²) >= 11 is 7.43. The fraction of sp³-hybridized carbons (Fsp3) is 0.0870. The highest BCUT2D eigenvalue weighted by Crippen LogP contribution is 2.29. The van der Waals surface area contributed by atoms with Crippen LogP contribution in [0, 0.1) is 0 Å². The first kappa shape index (κ1) is 20.1. The number of hydrogen-bond acceptors (Lipinski definition) is 5. The Kier molecular flexibility index (Phi) is 6.07. The van der Waals surface area contributed by atoms with E-state index in [1.54, 1.807) is 54.9 Å². The number of nitrogens with zero attached hydrogens (tertiary/aromatic N) is 2. The molecule has 0 fully saturated rings. The molecule has 2 heterocycles. The maximum Gasteiger partial charge on any atom is 0.265 e. The summed E-state index contributed by atoms with van der Waals surface area (Å²) < 4.78 is 5.68. The van der Waals surface area contributed by atoms with Gasteiger partial charge in [0.1, 0.15) is 10.8 Å². The van der Waals surface area contributed by atoms with Gasteiger partial charge in [-0.15, -0.1) is 11.3 Å². The number of ether oxygens (including phenoxy) is 1. The lowest BCUT2D eigenvalue weighted by Gasteiger charge is -2.15. The molecule has 1 N–H and O–H groups in total. The first-order chi connectivity index (χ1) is 14.6. The molecule has 0 saturated carbocycles. The minimum Gasteiger partial charge on any atom is -0.481 e. The third-order valence-corrected chi connectivity index (χ3v) is 5.48. The Morgan fingerprint density at radius 2 is 1.90 bits per heavy atom. The van der Waals surface area contributed by atoms with E-state index in [9.17, 15) is 4.79 Å². The van der Waals surface area contributed by atoms with Crippen molar-refractivity contribution < 1.29 is 9.53 Å². The van der Waals surface area contributed by atoms with Gasteiger partial charge in [-0.1, -0.05) is 23.7 Å². The van der Waals surface area contributed by atoms with E-state index in [-0.39, 0.29) is 5.91 Å². The second-order valence-electron chi connectivity index (χ2n) is 6.56. The van der Waals surface area contributed by atoms with Gasteiger partial charge in [0.15, 0.2) is 6.10 Å². The zero-order valence-corrected chi connectivity index (χ0v) is 17.7. The Labute approximate surface area is 183 Å². The summed E-state index contributed by atoms with van der Waals surface area (Å²) in [6.07, 6.45) is 2.87. The lowest BCUT2D eigenvalue weighted by molar-refractivity contribution is -0.122. The molecule has 4 rings (SSSR count). The number of rotatable bonds is 6. The molecule has 0 saturated heterocycles. The van der Waals surface area contributed by atoms with Crippen LogP contribution in [-0.2, 0) is 4.79 Å². The van der Waals surface area contributed by atoms with Gasteiger partial charge in [-0.05, 0) is 55.5 Å². The quantitative estimate of drug-likeness (QED) is 0.407. The van der Waals surface area contributed by atoms with Crippen molar-refractivity contribution >= 4 is 34.5 Å². The molecule has 0 aliphatic rings. The molecule has 5 nitrogen and oxygen atoms in total. The molecule has 1 amide bonds. The van der Waals surface area contributed by atoms with Crippen molar-refractivity contribution in [3.05, 3.63) is 83.5 Å². The molecule has 0 aliphatic carbocycles. The molecule has 30 heavy (non-hydrogen) atoms. The first-order valence-corrected chi connectivity index (χ1v) is 10.5. The molecular weight excluding hydrogens is 418 g/mol. The van der Waals surface area contributed by atoms with Crippen molar-refractivity contribution in [2.24, 2.45) is 0 Å². The van der Waals surface area contributed by atoms with Crippen LogP contribution >= 0.6 is 22.9 Å². The number of nitrogens with one attached hydrogen (secondary N) is 1. The molecule has 1 unspecified atom stereocenters. The van der Waals surface area contributed by atoms with Gasteiger partial charge < -0.3 is 10.1 Å². The minimum atomic E-state index is -0.661. The van der Waals surface area contributed by atoms with Crippen molar-refractivity contribution in [1.29, 1.82) is 0 Å². The summed E-state index contributed by atoms with van der Waals surface area (Å²) in [5.41, 5.74) is 3.43. The summed E-state index contributed by atoms with van der Waals surface area (Å²) in [5.74, 6) is 0.345. The number of carbonyl (C=O) groups excluding carboxylic acids is 1. The van der Waals surface area contributed by atoms with Crippen molar-refractivity contribution in [3.63, 3.8) is 0 Å². The van der Waals surface area contributed by atoms with Crippen LogP contribution in [-0.4, -0.2) is 22.0 Å². The average molecular weight is 436 g/mol. The Bertz CT molecular complexity index is 1150. The van der Waals surface area contributed by atoms with Crippen LogP contribution in [0.25, 0.3) is 21.8 Å². The maximum absolute atomic E-state index is 12.5. The second kappa shape index (κ2) is 9.07. The normalized spacial score (nSPS) is 11.7. The van der Waals surface area contributed by atoms with Gasteiger partial charge in [-0.2, -0.15) is 0 Å². The highest BCUT2D eigenvalue weighted by molar-refractivity contribution is 7.13. The van der Waals surface area contributed by atoms with E-state index in [4.69, 9.17) is 21.3 Å². The third-order valence-electron chi connectivity index (χ3n) is 4.33. The van der Waals surface area contributed by atoms with Crippen LogP contribution in [0.4, 0.5) is 5.69 Å². The standard InChI is InChI=1S/C23H18ClN3O2S/c1-15(29-20-9-7-18(24)8-10-20)22(28)26-19-6-2-4-16(12-19)21-14-30-23(27-21)17-5-3-11-25-13-17/h2-15H,1H3,(H,26,28). The minimum absolute atomic E-state index is 0.239. The van der Waals surface area contributed by atoms with E-state index in [1.165, 1.54) is 0 Å². The molecule has 0 bridgehead atoms. The Morgan fingerprint density at radius 3 is 2.67 bits per heavy atom. The highest BCUT2D eigenvalue weighted by Gasteiger charge is 2.15. The van der Waals surface area contributed by atoms with E-state index in [1.807, 2.05) is 41.8 Å². The predicted molar refractivity (Wildman–Crippen MR) is 121 cm³/mol.